The summed E-state index contributed by atoms with van der Waals surface area (Å²) in [5.74, 6) is -1.22. The maximum atomic E-state index is 13.0. The predicted octanol–water partition coefficient (Wildman–Crippen LogP) is 2.60. The van der Waals surface area contributed by atoms with Gasteiger partial charge in [-0.15, -0.1) is 0 Å². The van der Waals surface area contributed by atoms with Crippen molar-refractivity contribution in [3.8, 4) is 0 Å². The van der Waals surface area contributed by atoms with Gasteiger partial charge in [-0.1, -0.05) is 23.7 Å². The second kappa shape index (κ2) is 12.3. The zero-order valence-corrected chi connectivity index (χ0v) is 24.0. The van der Waals surface area contributed by atoms with Crippen LogP contribution in [0.4, 0.5) is 5.69 Å². The van der Waals surface area contributed by atoms with Crippen molar-refractivity contribution in [2.24, 2.45) is 0 Å². The SMILES string of the molecule is CCOC(=O)C(Cc1ccc(NC(=O)c2c(Cl)cccc2C2C[I-]2)cc1)NC(=O)c1c(C)cccc1Cl. The standard InChI is InChI=1S/C28H26Cl2IN2O4/c1-3-37-28(36)23(33-26(34)24-16(2)6-4-8-20(24)29)14-17-10-12-18(13-11-17)32-27(35)25-19(22-15-31-22)7-5-9-21(25)30/h4-13,22-23H,3,14-15H2,1-2H3,(H,32,35)(H,33,34)/q-1. The average Bonchev–Trinajstić information content (AvgIpc) is 3.70. The molecule has 0 bridgehead atoms. The van der Waals surface area contributed by atoms with Gasteiger partial charge in [-0.25, -0.2) is 4.79 Å². The molecule has 194 valence electrons. The molecule has 1 aliphatic rings. The van der Waals surface area contributed by atoms with Crippen LogP contribution in [-0.2, 0) is 16.0 Å². The number of halogens is 3. The molecule has 0 saturated carbocycles. The molecule has 1 aliphatic heterocycles. The van der Waals surface area contributed by atoms with Crippen LogP contribution in [0.2, 0.25) is 10.0 Å². The summed E-state index contributed by atoms with van der Waals surface area (Å²) in [5, 5.41) is 6.45. The molecule has 1 heterocycles. The molecule has 1 fully saturated rings. The summed E-state index contributed by atoms with van der Waals surface area (Å²) in [4.78, 5) is 38.6. The molecule has 3 aromatic carbocycles. The van der Waals surface area contributed by atoms with Gasteiger partial charge in [0.05, 0.1) is 17.2 Å². The number of anilines is 1. The average molecular weight is 652 g/mol. The Morgan fingerprint density at radius 2 is 1.62 bits per heavy atom. The number of hydrogen-bond donors (Lipinski definition) is 2. The van der Waals surface area contributed by atoms with Gasteiger partial charge in [0.25, 0.3) is 5.91 Å². The molecule has 2 atom stereocenters. The number of carbonyl (C=O) groups excluding carboxylic acids is 3. The fraction of sp³-hybridized carbons (Fsp3) is 0.250. The van der Waals surface area contributed by atoms with Crippen LogP contribution in [0.5, 0.6) is 0 Å². The fourth-order valence-corrected chi connectivity index (χ4v) is 6.29. The first-order valence-electron chi connectivity index (χ1n) is 11.8. The number of hydrogen-bond acceptors (Lipinski definition) is 4. The van der Waals surface area contributed by atoms with E-state index in [4.69, 9.17) is 27.9 Å². The quantitative estimate of drug-likeness (QED) is 0.212. The van der Waals surface area contributed by atoms with E-state index < -0.39 is 17.9 Å². The van der Waals surface area contributed by atoms with Crippen molar-refractivity contribution in [3.05, 3.63) is 98.5 Å². The Hall–Kier alpha value is -2.62. The molecule has 3 aromatic rings. The van der Waals surface area contributed by atoms with Crippen molar-refractivity contribution in [1.82, 2.24) is 5.32 Å². The van der Waals surface area contributed by atoms with E-state index in [1.54, 1.807) is 62.4 Å². The number of carbonyl (C=O) groups is 3. The normalized spacial score (nSPS) is 15.2. The molecule has 0 spiro atoms. The fourth-order valence-electron chi connectivity index (χ4n) is 3.99. The second-order valence-corrected chi connectivity index (χ2v) is 12.6. The molecular weight excluding hydrogens is 626 g/mol. The number of nitrogens with one attached hydrogen (secondary N) is 2. The van der Waals surface area contributed by atoms with E-state index in [2.05, 4.69) is 10.6 Å². The van der Waals surface area contributed by atoms with Crippen molar-refractivity contribution < 1.29 is 40.3 Å². The Balaban J connectivity index is 1.47. The zero-order chi connectivity index (χ0) is 26.5. The number of esters is 1. The van der Waals surface area contributed by atoms with Crippen molar-refractivity contribution in [3.63, 3.8) is 0 Å². The van der Waals surface area contributed by atoms with Crippen molar-refractivity contribution in [2.75, 3.05) is 16.4 Å². The van der Waals surface area contributed by atoms with E-state index in [-0.39, 0.29) is 40.1 Å². The van der Waals surface area contributed by atoms with E-state index in [0.717, 1.165) is 11.1 Å². The third-order valence-corrected chi connectivity index (χ3v) is 8.96. The van der Waals surface area contributed by atoms with E-state index in [1.165, 1.54) is 4.43 Å². The Labute approximate surface area is 236 Å². The molecule has 6 nitrogen and oxygen atoms in total. The molecule has 9 heteroatoms. The summed E-state index contributed by atoms with van der Waals surface area (Å²) in [6.07, 6.45) is 0.211. The Morgan fingerprint density at radius 1 is 0.973 bits per heavy atom. The van der Waals surface area contributed by atoms with Gasteiger partial charge in [-0.2, -0.15) is 0 Å². The van der Waals surface area contributed by atoms with Crippen LogP contribution in [-0.4, -0.2) is 34.9 Å². The van der Waals surface area contributed by atoms with Crippen LogP contribution < -0.4 is 31.8 Å². The third kappa shape index (κ3) is 6.83. The van der Waals surface area contributed by atoms with E-state index in [0.29, 0.717) is 36.3 Å². The Morgan fingerprint density at radius 3 is 2.24 bits per heavy atom. The number of benzene rings is 3. The molecule has 2 N–H and O–H groups in total. The van der Waals surface area contributed by atoms with Gasteiger partial charge >= 0.3 is 151 Å². The summed E-state index contributed by atoms with van der Waals surface area (Å²) < 4.78 is 6.85. The summed E-state index contributed by atoms with van der Waals surface area (Å²) in [6.45, 7) is 3.68. The number of ether oxygens (including phenoxy) is 1. The van der Waals surface area contributed by atoms with Crippen molar-refractivity contribution in [2.45, 2.75) is 30.2 Å². The monoisotopic (exact) mass is 651 g/mol. The van der Waals surface area contributed by atoms with Crippen LogP contribution >= 0.6 is 23.2 Å². The molecular formula is C28H26Cl2IN2O4-. The van der Waals surface area contributed by atoms with Gasteiger partial charge in [0.15, 0.2) is 0 Å². The third-order valence-electron chi connectivity index (χ3n) is 5.90. The molecule has 2 unspecified atom stereocenters. The Bertz CT molecular complexity index is 1310. The first-order valence-corrected chi connectivity index (χ1v) is 15.3. The van der Waals surface area contributed by atoms with Crippen molar-refractivity contribution in [1.29, 1.82) is 0 Å². The Kier molecular flexibility index (Phi) is 9.10. The minimum Gasteiger partial charge on any atom is -0.269 e. The van der Waals surface area contributed by atoms with Crippen LogP contribution in [0.3, 0.4) is 0 Å². The van der Waals surface area contributed by atoms with Crippen LogP contribution in [0.1, 0.15) is 48.3 Å². The molecule has 37 heavy (non-hydrogen) atoms. The summed E-state index contributed by atoms with van der Waals surface area (Å²) >= 11 is 12.7. The number of rotatable bonds is 9. The summed E-state index contributed by atoms with van der Waals surface area (Å²) in [7, 11) is 0. The molecule has 2 amide bonds. The van der Waals surface area contributed by atoms with Crippen LogP contribution in [0, 0.1) is 6.92 Å². The smallest absolute Gasteiger partial charge is 0.269 e. The topological polar surface area (TPSA) is 84.5 Å². The van der Waals surface area contributed by atoms with E-state index in [1.807, 2.05) is 12.1 Å². The molecule has 0 aromatic heterocycles. The first-order chi connectivity index (χ1) is 17.8. The molecule has 4 rings (SSSR count). The van der Waals surface area contributed by atoms with E-state index >= 15 is 0 Å². The summed E-state index contributed by atoms with van der Waals surface area (Å²) in [5.41, 5.74) is 3.98. The number of aryl methyl sites for hydroxylation is 1. The zero-order valence-electron chi connectivity index (χ0n) is 20.3. The minimum atomic E-state index is -0.906. The van der Waals surface area contributed by atoms with Gasteiger partial charge in [-0.3, -0.25) is 4.79 Å². The number of amides is 2. The van der Waals surface area contributed by atoms with Gasteiger partial charge in [0.2, 0.25) is 0 Å². The number of alkyl halides is 2. The van der Waals surface area contributed by atoms with Gasteiger partial charge in [0, 0.05) is 0 Å². The minimum absolute atomic E-state index is 0.118. The molecule has 0 radical (unpaired) electrons. The van der Waals surface area contributed by atoms with Gasteiger partial charge in [0.1, 0.15) is 0 Å². The maximum absolute atomic E-state index is 13.0. The molecule has 0 aliphatic carbocycles. The predicted molar refractivity (Wildman–Crippen MR) is 141 cm³/mol. The van der Waals surface area contributed by atoms with Gasteiger partial charge in [-0.05, 0) is 25.5 Å². The van der Waals surface area contributed by atoms with Crippen LogP contribution in [0.15, 0.2) is 60.7 Å². The van der Waals surface area contributed by atoms with Crippen molar-refractivity contribution >= 4 is 46.7 Å². The van der Waals surface area contributed by atoms with E-state index in [9.17, 15) is 14.4 Å². The molecule has 1 saturated heterocycles. The van der Waals surface area contributed by atoms with Gasteiger partial charge < -0.3 is 4.74 Å². The first kappa shape index (κ1) is 27.4. The summed E-state index contributed by atoms with van der Waals surface area (Å²) in [6, 6.07) is 17.0. The second-order valence-electron chi connectivity index (χ2n) is 8.55. The van der Waals surface area contributed by atoms with Crippen LogP contribution in [0.25, 0.3) is 0 Å².